The van der Waals surface area contributed by atoms with Crippen molar-refractivity contribution < 1.29 is 14.0 Å². The highest BCUT2D eigenvalue weighted by Gasteiger charge is 2.27. The minimum Gasteiger partial charge on any atom is -0.459 e. The molecule has 0 unspecified atom stereocenters. The predicted molar refractivity (Wildman–Crippen MR) is 128 cm³/mol. The molecule has 5 rings (SSSR count). The predicted octanol–water partition coefficient (Wildman–Crippen LogP) is 3.35. The van der Waals surface area contributed by atoms with E-state index in [1.165, 1.54) is 17.6 Å². The maximum atomic E-state index is 12.9. The Balaban J connectivity index is 1.13. The summed E-state index contributed by atoms with van der Waals surface area (Å²) in [6, 6.07) is 11.1. The number of piperazine rings is 1. The van der Waals surface area contributed by atoms with Crippen LogP contribution in [0.4, 0.5) is 10.8 Å². The summed E-state index contributed by atoms with van der Waals surface area (Å²) in [6.07, 6.45) is 2.23. The molecule has 0 radical (unpaired) electrons. The largest absolute Gasteiger partial charge is 0.459 e. The second-order valence-corrected chi connectivity index (χ2v) is 9.65. The normalized spacial score (nSPS) is 16.5. The number of anilines is 2. The lowest BCUT2D eigenvalue weighted by Gasteiger charge is -2.37. The lowest BCUT2D eigenvalue weighted by molar-refractivity contribution is -0.132. The van der Waals surface area contributed by atoms with Gasteiger partial charge in [0.1, 0.15) is 0 Å². The number of furan rings is 1. The van der Waals surface area contributed by atoms with Gasteiger partial charge in [0.15, 0.2) is 10.9 Å². The zero-order chi connectivity index (χ0) is 22.8. The van der Waals surface area contributed by atoms with Crippen molar-refractivity contribution in [3.63, 3.8) is 0 Å². The highest BCUT2D eigenvalue weighted by atomic mass is 35.5. The quantitative estimate of drug-likeness (QED) is 0.597. The van der Waals surface area contributed by atoms with E-state index in [2.05, 4.69) is 20.1 Å². The van der Waals surface area contributed by atoms with E-state index in [9.17, 15) is 9.59 Å². The average Bonchev–Trinajstić information content (AvgIpc) is 3.49. The molecule has 10 heteroatoms. The number of amides is 2. The summed E-state index contributed by atoms with van der Waals surface area (Å²) in [5.74, 6) is 0.104. The number of thiazole rings is 1. The number of halogens is 1. The Morgan fingerprint density at radius 3 is 2.61 bits per heavy atom. The Labute approximate surface area is 200 Å². The third-order valence-electron chi connectivity index (χ3n) is 5.96. The molecule has 1 saturated heterocycles. The molecule has 0 atom stereocenters. The van der Waals surface area contributed by atoms with E-state index in [-0.39, 0.29) is 17.6 Å². The second-order valence-electron chi connectivity index (χ2n) is 8.13. The van der Waals surface area contributed by atoms with Gasteiger partial charge in [0.25, 0.3) is 5.91 Å². The van der Waals surface area contributed by atoms with Gasteiger partial charge in [-0.25, -0.2) is 4.98 Å². The summed E-state index contributed by atoms with van der Waals surface area (Å²) in [5.41, 5.74) is 2.13. The Morgan fingerprint density at radius 2 is 1.88 bits per heavy atom. The molecular formula is C23H24ClN5O3S. The molecule has 1 aromatic carbocycles. The average molecular weight is 486 g/mol. The number of fused-ring (bicyclic) bond motifs is 1. The molecule has 2 aliphatic heterocycles. The molecule has 0 spiro atoms. The van der Waals surface area contributed by atoms with Gasteiger partial charge in [-0.2, -0.15) is 0 Å². The topological polar surface area (TPSA) is 81.9 Å². The second kappa shape index (κ2) is 9.54. The first-order valence-electron chi connectivity index (χ1n) is 10.9. The van der Waals surface area contributed by atoms with Gasteiger partial charge in [0.05, 0.1) is 18.5 Å². The standard InChI is InChI=1S/C23H24ClN5O3S/c24-16-3-5-17(6-4-16)28-9-11-29(12-10-28)21(30)15-27-8-7-18-20(14-27)33-23(25-18)26-22(31)19-2-1-13-32-19/h1-6,13H,7-12,14-15H2,(H,25,26,31). The van der Waals surface area contributed by atoms with Gasteiger partial charge in [-0.05, 0) is 36.4 Å². The minimum absolute atomic E-state index is 0.157. The van der Waals surface area contributed by atoms with Crippen LogP contribution in [0.1, 0.15) is 21.1 Å². The van der Waals surface area contributed by atoms with Gasteiger partial charge in [-0.3, -0.25) is 19.8 Å². The molecular weight excluding hydrogens is 462 g/mol. The van der Waals surface area contributed by atoms with Crippen molar-refractivity contribution in [3.8, 4) is 0 Å². The zero-order valence-electron chi connectivity index (χ0n) is 18.0. The Hall–Kier alpha value is -2.88. The van der Waals surface area contributed by atoms with Crippen LogP contribution in [0.25, 0.3) is 0 Å². The van der Waals surface area contributed by atoms with E-state index < -0.39 is 0 Å². The van der Waals surface area contributed by atoms with Crippen LogP contribution in [0.5, 0.6) is 0 Å². The highest BCUT2D eigenvalue weighted by molar-refractivity contribution is 7.15. The van der Waals surface area contributed by atoms with Crippen LogP contribution >= 0.6 is 22.9 Å². The van der Waals surface area contributed by atoms with Gasteiger partial charge < -0.3 is 14.2 Å². The fourth-order valence-corrected chi connectivity index (χ4v) is 5.33. The number of hydrogen-bond donors (Lipinski definition) is 1. The van der Waals surface area contributed by atoms with Crippen molar-refractivity contribution in [2.75, 3.05) is 49.5 Å². The molecule has 0 aliphatic carbocycles. The summed E-state index contributed by atoms with van der Waals surface area (Å²) in [4.78, 5) is 37.1. The number of carbonyl (C=O) groups is 2. The van der Waals surface area contributed by atoms with Gasteiger partial charge in [0.2, 0.25) is 5.91 Å². The molecule has 2 amide bonds. The van der Waals surface area contributed by atoms with Crippen LogP contribution in [0.3, 0.4) is 0 Å². The van der Waals surface area contributed by atoms with Gasteiger partial charge >= 0.3 is 0 Å². The fourth-order valence-electron chi connectivity index (χ4n) is 4.16. The Bertz CT molecular complexity index is 1120. The van der Waals surface area contributed by atoms with E-state index in [1.54, 1.807) is 12.1 Å². The molecule has 0 saturated carbocycles. The molecule has 1 N–H and O–H groups in total. The third-order valence-corrected chi connectivity index (χ3v) is 7.21. The van der Waals surface area contributed by atoms with E-state index in [0.29, 0.717) is 31.3 Å². The SMILES string of the molecule is O=C(Nc1nc2c(s1)CN(CC(=O)N1CCN(c3ccc(Cl)cc3)CC1)CC2)c1ccco1. The number of nitrogens with one attached hydrogen (secondary N) is 1. The third kappa shape index (κ3) is 5.05. The van der Waals surface area contributed by atoms with Crippen molar-refractivity contribution in [3.05, 3.63) is 64.0 Å². The molecule has 1 fully saturated rings. The number of benzene rings is 1. The van der Waals surface area contributed by atoms with Crippen molar-refractivity contribution in [2.24, 2.45) is 0 Å². The number of aromatic nitrogens is 1. The molecule has 8 nitrogen and oxygen atoms in total. The smallest absolute Gasteiger partial charge is 0.293 e. The van der Waals surface area contributed by atoms with Crippen LogP contribution in [0.2, 0.25) is 5.02 Å². The van der Waals surface area contributed by atoms with Crippen molar-refractivity contribution in [1.29, 1.82) is 0 Å². The van der Waals surface area contributed by atoms with E-state index in [1.807, 2.05) is 29.2 Å². The molecule has 33 heavy (non-hydrogen) atoms. The van der Waals surface area contributed by atoms with Crippen LogP contribution in [-0.4, -0.2) is 65.9 Å². The molecule has 2 aliphatic rings. The molecule has 0 bridgehead atoms. The Morgan fingerprint density at radius 1 is 1.09 bits per heavy atom. The zero-order valence-corrected chi connectivity index (χ0v) is 19.6. The van der Waals surface area contributed by atoms with Crippen LogP contribution in [0, 0.1) is 0 Å². The summed E-state index contributed by atoms with van der Waals surface area (Å²) >= 11 is 7.44. The fraction of sp³-hybridized carbons (Fsp3) is 0.348. The van der Waals surface area contributed by atoms with Gasteiger partial charge in [-0.1, -0.05) is 11.6 Å². The monoisotopic (exact) mass is 485 g/mol. The summed E-state index contributed by atoms with van der Waals surface area (Å²) in [7, 11) is 0. The van der Waals surface area contributed by atoms with Crippen LogP contribution in [0.15, 0.2) is 47.1 Å². The minimum atomic E-state index is -0.309. The van der Waals surface area contributed by atoms with Gasteiger partial charge in [0, 0.05) is 61.3 Å². The number of hydrogen-bond acceptors (Lipinski definition) is 7. The first-order chi connectivity index (χ1) is 16.0. The number of rotatable bonds is 5. The molecule has 4 heterocycles. The first-order valence-corrected chi connectivity index (χ1v) is 12.1. The summed E-state index contributed by atoms with van der Waals surface area (Å²) < 4.78 is 5.13. The van der Waals surface area contributed by atoms with E-state index in [0.717, 1.165) is 47.3 Å². The molecule has 2 aromatic heterocycles. The van der Waals surface area contributed by atoms with Crippen LogP contribution in [-0.2, 0) is 17.8 Å². The lowest BCUT2D eigenvalue weighted by atomic mass is 10.2. The highest BCUT2D eigenvalue weighted by Crippen LogP contribution is 2.29. The Kier molecular flexibility index (Phi) is 6.34. The molecule has 3 aromatic rings. The summed E-state index contributed by atoms with van der Waals surface area (Å²) in [5, 5.41) is 4.09. The first kappa shape index (κ1) is 21.9. The van der Waals surface area contributed by atoms with Crippen molar-refractivity contribution in [1.82, 2.24) is 14.8 Å². The van der Waals surface area contributed by atoms with Crippen molar-refractivity contribution in [2.45, 2.75) is 13.0 Å². The number of carbonyl (C=O) groups excluding carboxylic acids is 2. The summed E-state index contributed by atoms with van der Waals surface area (Å²) in [6.45, 7) is 4.88. The molecule has 172 valence electrons. The van der Waals surface area contributed by atoms with Crippen LogP contribution < -0.4 is 10.2 Å². The van der Waals surface area contributed by atoms with Gasteiger partial charge in [-0.15, -0.1) is 11.3 Å². The van der Waals surface area contributed by atoms with E-state index >= 15 is 0 Å². The van der Waals surface area contributed by atoms with E-state index in [4.69, 9.17) is 16.0 Å². The lowest BCUT2D eigenvalue weighted by Crippen LogP contribution is -2.51. The number of nitrogens with zero attached hydrogens (tertiary/aromatic N) is 4. The maximum Gasteiger partial charge on any atom is 0.293 e. The van der Waals surface area contributed by atoms with Crippen molar-refractivity contribution >= 4 is 45.6 Å². The maximum absolute atomic E-state index is 12.9.